The van der Waals surface area contributed by atoms with Crippen molar-refractivity contribution in [2.45, 2.75) is 53.0 Å². The Labute approximate surface area is 176 Å². The highest BCUT2D eigenvalue weighted by molar-refractivity contribution is 5.81. The smallest absolute Gasteiger partial charge is 0.306 e. The third-order valence-electron chi connectivity index (χ3n) is 5.09. The molecule has 0 spiro atoms. The molecule has 0 aliphatic rings. The van der Waals surface area contributed by atoms with Crippen LogP contribution in [0.1, 0.15) is 59.3 Å². The summed E-state index contributed by atoms with van der Waals surface area (Å²) < 4.78 is 5.10. The van der Waals surface area contributed by atoms with E-state index in [-0.39, 0.29) is 30.5 Å². The number of aryl methyl sites for hydroxylation is 2. The van der Waals surface area contributed by atoms with Crippen molar-refractivity contribution in [1.29, 1.82) is 5.26 Å². The fourth-order valence-electron chi connectivity index (χ4n) is 3.32. The van der Waals surface area contributed by atoms with Gasteiger partial charge in [0.2, 0.25) is 0 Å². The van der Waals surface area contributed by atoms with Crippen LogP contribution >= 0.6 is 0 Å². The minimum Gasteiger partial charge on any atom is -0.456 e. The lowest BCUT2D eigenvalue weighted by atomic mass is 9.99. The van der Waals surface area contributed by atoms with Gasteiger partial charge in [-0.15, -0.1) is 0 Å². The van der Waals surface area contributed by atoms with Crippen LogP contribution in [0.15, 0.2) is 29.1 Å². The summed E-state index contributed by atoms with van der Waals surface area (Å²) in [7, 11) is 0. The maximum Gasteiger partial charge on any atom is 0.306 e. The lowest BCUT2D eigenvalue weighted by molar-refractivity contribution is -0.148. The van der Waals surface area contributed by atoms with Crippen molar-refractivity contribution < 1.29 is 14.3 Å². The Bertz CT molecular complexity index is 1020. The molecule has 0 radical (unpaired) electrons. The summed E-state index contributed by atoms with van der Waals surface area (Å²) >= 11 is 0. The van der Waals surface area contributed by atoms with Gasteiger partial charge in [0.05, 0.1) is 6.04 Å². The van der Waals surface area contributed by atoms with Crippen molar-refractivity contribution in [3.05, 3.63) is 68.1 Å². The minimum absolute atomic E-state index is 0.0427. The molecular formula is C23H27N3O4. The lowest BCUT2D eigenvalue weighted by Crippen LogP contribution is -2.32. The van der Waals surface area contributed by atoms with Crippen molar-refractivity contribution >= 4 is 11.9 Å². The highest BCUT2D eigenvalue weighted by Gasteiger charge is 2.16. The van der Waals surface area contributed by atoms with Crippen molar-refractivity contribution in [2.75, 3.05) is 6.61 Å². The van der Waals surface area contributed by atoms with Crippen LogP contribution in [0.2, 0.25) is 0 Å². The van der Waals surface area contributed by atoms with Gasteiger partial charge in [0.1, 0.15) is 11.6 Å². The van der Waals surface area contributed by atoms with Crippen molar-refractivity contribution in [2.24, 2.45) is 0 Å². The molecule has 0 saturated heterocycles. The average molecular weight is 409 g/mol. The normalized spacial score (nSPS) is 11.4. The number of H-pyrrole nitrogens is 1. The number of nitrogens with zero attached hydrogens (tertiary/aromatic N) is 1. The van der Waals surface area contributed by atoms with Gasteiger partial charge in [-0.2, -0.15) is 5.26 Å². The summed E-state index contributed by atoms with van der Waals surface area (Å²) in [6.45, 7) is 7.03. The topological polar surface area (TPSA) is 112 Å². The summed E-state index contributed by atoms with van der Waals surface area (Å²) in [6, 6.07) is 9.66. The van der Waals surface area contributed by atoms with Crippen molar-refractivity contribution in [3.63, 3.8) is 0 Å². The number of aromatic nitrogens is 1. The molecule has 1 atom stereocenters. The van der Waals surface area contributed by atoms with Gasteiger partial charge in [0.15, 0.2) is 6.61 Å². The molecule has 7 nitrogen and oxygen atoms in total. The third kappa shape index (κ3) is 5.80. The number of benzene rings is 1. The van der Waals surface area contributed by atoms with E-state index >= 15 is 0 Å². The second-order valence-electron chi connectivity index (χ2n) is 7.27. The number of aromatic amines is 1. The van der Waals surface area contributed by atoms with Crippen molar-refractivity contribution in [3.8, 4) is 6.07 Å². The number of hydrogen-bond acceptors (Lipinski definition) is 5. The second kappa shape index (κ2) is 10.4. The minimum atomic E-state index is -0.517. The van der Waals surface area contributed by atoms with Gasteiger partial charge in [-0.25, -0.2) is 0 Å². The number of amides is 1. The predicted molar refractivity (Wildman–Crippen MR) is 113 cm³/mol. The van der Waals surface area contributed by atoms with E-state index in [1.807, 2.05) is 44.2 Å². The van der Waals surface area contributed by atoms with Gasteiger partial charge in [0.25, 0.3) is 11.5 Å². The number of esters is 1. The van der Waals surface area contributed by atoms with E-state index < -0.39 is 11.5 Å². The Balaban J connectivity index is 1.89. The molecule has 1 heterocycles. The molecule has 0 unspecified atom stereocenters. The number of pyridine rings is 1. The van der Waals surface area contributed by atoms with Crippen LogP contribution < -0.4 is 10.9 Å². The van der Waals surface area contributed by atoms with E-state index in [9.17, 15) is 14.4 Å². The first-order valence-corrected chi connectivity index (χ1v) is 9.90. The Morgan fingerprint density at radius 2 is 1.87 bits per heavy atom. The SMILES string of the molecule is CC[C@@H](NC(=O)COC(=O)CCc1c(C)[nH]c(=O)c(C#N)c1C)c1ccc(C)cc1. The van der Waals surface area contributed by atoms with E-state index in [0.717, 1.165) is 23.1 Å². The predicted octanol–water partition coefficient (Wildman–Crippen LogP) is 2.92. The molecule has 1 amide bonds. The molecule has 0 saturated carbocycles. The number of nitrogens with one attached hydrogen (secondary N) is 2. The zero-order valence-corrected chi connectivity index (χ0v) is 17.8. The van der Waals surface area contributed by atoms with E-state index in [1.165, 1.54) is 0 Å². The standard InChI is InChI=1S/C23H27N3O4/c1-5-20(17-8-6-14(2)7-9-17)26-21(27)13-30-22(28)11-10-18-15(3)19(12-24)23(29)25-16(18)4/h6-9,20H,5,10-11,13H2,1-4H3,(H,25,29)(H,26,27)/t20-/m1/s1. The Kier molecular flexibility index (Phi) is 7.93. The maximum atomic E-state index is 12.2. The summed E-state index contributed by atoms with van der Waals surface area (Å²) in [5.74, 6) is -0.879. The molecule has 0 bridgehead atoms. The van der Waals surface area contributed by atoms with E-state index in [0.29, 0.717) is 17.7 Å². The Morgan fingerprint density at radius 3 is 2.47 bits per heavy atom. The highest BCUT2D eigenvalue weighted by Crippen LogP contribution is 2.17. The zero-order valence-electron chi connectivity index (χ0n) is 17.8. The Morgan fingerprint density at radius 1 is 1.20 bits per heavy atom. The third-order valence-corrected chi connectivity index (χ3v) is 5.09. The monoisotopic (exact) mass is 409 g/mol. The molecule has 2 N–H and O–H groups in total. The summed E-state index contributed by atoms with van der Waals surface area (Å²) in [5, 5.41) is 12.0. The summed E-state index contributed by atoms with van der Waals surface area (Å²) in [6.07, 6.45) is 1.07. The first-order chi connectivity index (χ1) is 14.3. The molecule has 158 valence electrons. The zero-order chi connectivity index (χ0) is 22.3. The van der Waals surface area contributed by atoms with Crippen LogP contribution in [0.25, 0.3) is 0 Å². The quantitative estimate of drug-likeness (QED) is 0.651. The van der Waals surface area contributed by atoms with E-state index in [1.54, 1.807) is 13.8 Å². The first-order valence-electron chi connectivity index (χ1n) is 9.90. The van der Waals surface area contributed by atoms with Gasteiger partial charge in [-0.05, 0) is 50.3 Å². The number of rotatable bonds is 8. The van der Waals surface area contributed by atoms with Gasteiger partial charge in [0, 0.05) is 12.1 Å². The molecule has 0 aliphatic heterocycles. The number of carbonyl (C=O) groups is 2. The number of ether oxygens (including phenoxy) is 1. The van der Waals surface area contributed by atoms with Crippen LogP contribution in [-0.2, 0) is 20.7 Å². The molecule has 1 aromatic heterocycles. The van der Waals surface area contributed by atoms with Gasteiger partial charge in [-0.1, -0.05) is 36.8 Å². The Hall–Kier alpha value is -3.40. The van der Waals surface area contributed by atoms with Crippen LogP contribution in [0.4, 0.5) is 0 Å². The average Bonchev–Trinajstić information content (AvgIpc) is 2.71. The molecule has 1 aromatic carbocycles. The molecule has 0 fully saturated rings. The fraction of sp³-hybridized carbons (Fsp3) is 0.391. The molecule has 7 heteroatoms. The molecule has 2 rings (SSSR count). The lowest BCUT2D eigenvalue weighted by Gasteiger charge is -2.17. The van der Waals surface area contributed by atoms with E-state index in [2.05, 4.69) is 10.3 Å². The van der Waals surface area contributed by atoms with Crippen LogP contribution in [0.3, 0.4) is 0 Å². The largest absolute Gasteiger partial charge is 0.456 e. The van der Waals surface area contributed by atoms with Crippen LogP contribution in [0, 0.1) is 32.1 Å². The highest BCUT2D eigenvalue weighted by atomic mass is 16.5. The van der Waals surface area contributed by atoms with Gasteiger partial charge >= 0.3 is 5.97 Å². The second-order valence-corrected chi connectivity index (χ2v) is 7.27. The van der Waals surface area contributed by atoms with Gasteiger partial charge < -0.3 is 15.0 Å². The van der Waals surface area contributed by atoms with Gasteiger partial charge in [-0.3, -0.25) is 14.4 Å². The summed E-state index contributed by atoms with van der Waals surface area (Å²) in [4.78, 5) is 38.7. The van der Waals surface area contributed by atoms with E-state index in [4.69, 9.17) is 10.00 Å². The number of hydrogen-bond donors (Lipinski definition) is 2. The summed E-state index contributed by atoms with van der Waals surface area (Å²) in [5.41, 5.74) is 3.67. The van der Waals surface area contributed by atoms with Crippen molar-refractivity contribution in [1.82, 2.24) is 10.3 Å². The molecule has 2 aromatic rings. The first kappa shape index (κ1) is 22.9. The fourth-order valence-corrected chi connectivity index (χ4v) is 3.32. The van der Waals surface area contributed by atoms with Crippen LogP contribution in [-0.4, -0.2) is 23.5 Å². The maximum absolute atomic E-state index is 12.2. The number of carbonyl (C=O) groups excluding carboxylic acids is 2. The number of nitriles is 1. The molecule has 0 aliphatic carbocycles. The molecular weight excluding hydrogens is 382 g/mol. The molecule has 30 heavy (non-hydrogen) atoms. The van der Waals surface area contributed by atoms with Crippen LogP contribution in [0.5, 0.6) is 0 Å².